The Hall–Kier alpha value is -1.36. The lowest BCUT2D eigenvalue weighted by atomic mass is 9.96. The number of hydrogen-bond donors (Lipinski definition) is 3. The fourth-order valence-electron chi connectivity index (χ4n) is 1.17. The molecule has 0 aromatic carbocycles. The average molecular weight is 224 g/mol. The molecule has 1 aromatic rings. The number of aromatic nitrogens is 2. The van der Waals surface area contributed by atoms with Crippen LogP contribution in [0.1, 0.15) is 33.5 Å². The summed E-state index contributed by atoms with van der Waals surface area (Å²) in [6.45, 7) is 8.01. The molecule has 5 heteroatoms. The van der Waals surface area contributed by atoms with E-state index in [2.05, 4.69) is 15.3 Å². The summed E-state index contributed by atoms with van der Waals surface area (Å²) < 4.78 is 0. The zero-order valence-electron chi connectivity index (χ0n) is 10.3. The number of hydrogen-bond acceptors (Lipinski definition) is 5. The van der Waals surface area contributed by atoms with Crippen LogP contribution in [0.4, 0.5) is 11.6 Å². The van der Waals surface area contributed by atoms with Gasteiger partial charge in [0.1, 0.15) is 17.5 Å². The predicted octanol–water partition coefficient (Wildman–Crippen LogP) is 1.15. The van der Waals surface area contributed by atoms with E-state index < -0.39 is 0 Å². The van der Waals surface area contributed by atoms with E-state index in [0.29, 0.717) is 17.5 Å². The third kappa shape index (κ3) is 3.34. The molecule has 1 aromatic heterocycles. The van der Waals surface area contributed by atoms with Gasteiger partial charge in [-0.2, -0.15) is 0 Å². The van der Waals surface area contributed by atoms with Crippen molar-refractivity contribution in [1.82, 2.24) is 9.97 Å². The maximum Gasteiger partial charge on any atom is 0.138 e. The number of anilines is 2. The van der Waals surface area contributed by atoms with Crippen molar-refractivity contribution in [2.45, 2.75) is 39.2 Å². The van der Waals surface area contributed by atoms with E-state index in [1.165, 1.54) is 0 Å². The molecule has 0 aliphatic rings. The van der Waals surface area contributed by atoms with E-state index in [1.807, 2.05) is 27.7 Å². The first kappa shape index (κ1) is 12.7. The Balaban J connectivity index is 2.99. The fourth-order valence-corrected chi connectivity index (χ4v) is 1.17. The van der Waals surface area contributed by atoms with Gasteiger partial charge < -0.3 is 16.2 Å². The normalized spacial score (nSPS) is 13.6. The molecular weight excluding hydrogens is 204 g/mol. The van der Waals surface area contributed by atoms with Crippen LogP contribution in [0.5, 0.6) is 0 Å². The lowest BCUT2D eigenvalue weighted by Crippen LogP contribution is -2.23. The van der Waals surface area contributed by atoms with Crippen LogP contribution in [0.3, 0.4) is 0 Å². The van der Waals surface area contributed by atoms with Crippen molar-refractivity contribution in [1.29, 1.82) is 0 Å². The highest BCUT2D eigenvalue weighted by Gasteiger charge is 2.18. The quantitative estimate of drug-likeness (QED) is 0.717. The van der Waals surface area contributed by atoms with Gasteiger partial charge in [-0.1, -0.05) is 20.8 Å². The molecule has 0 amide bonds. The van der Waals surface area contributed by atoms with E-state index in [-0.39, 0.29) is 18.1 Å². The molecule has 5 nitrogen and oxygen atoms in total. The van der Waals surface area contributed by atoms with Gasteiger partial charge >= 0.3 is 0 Å². The molecule has 0 aliphatic carbocycles. The van der Waals surface area contributed by atoms with E-state index in [1.54, 1.807) is 6.07 Å². The van der Waals surface area contributed by atoms with Crippen LogP contribution < -0.4 is 11.1 Å². The molecule has 0 fully saturated rings. The van der Waals surface area contributed by atoms with Crippen LogP contribution in [-0.4, -0.2) is 27.7 Å². The zero-order valence-corrected chi connectivity index (χ0v) is 10.3. The minimum atomic E-state index is -0.145. The first-order chi connectivity index (χ1) is 7.32. The molecule has 1 heterocycles. The van der Waals surface area contributed by atoms with Gasteiger partial charge in [-0.25, -0.2) is 9.97 Å². The molecule has 1 atom stereocenters. The van der Waals surface area contributed by atoms with Crippen molar-refractivity contribution < 1.29 is 5.11 Å². The van der Waals surface area contributed by atoms with Crippen LogP contribution >= 0.6 is 0 Å². The Morgan fingerprint density at radius 1 is 1.44 bits per heavy atom. The topological polar surface area (TPSA) is 84.1 Å². The lowest BCUT2D eigenvalue weighted by Gasteiger charge is -2.19. The van der Waals surface area contributed by atoms with Crippen molar-refractivity contribution in [2.24, 2.45) is 0 Å². The molecule has 0 bridgehead atoms. The highest BCUT2D eigenvalue weighted by atomic mass is 16.3. The minimum absolute atomic E-state index is 0.0504. The van der Waals surface area contributed by atoms with Gasteiger partial charge in [-0.3, -0.25) is 0 Å². The van der Waals surface area contributed by atoms with Crippen molar-refractivity contribution in [3.63, 3.8) is 0 Å². The minimum Gasteiger partial charge on any atom is -0.394 e. The second kappa shape index (κ2) is 4.65. The van der Waals surface area contributed by atoms with E-state index in [9.17, 15) is 0 Å². The summed E-state index contributed by atoms with van der Waals surface area (Å²) in [5.74, 6) is 1.78. The molecule has 1 unspecified atom stereocenters. The molecule has 0 saturated carbocycles. The maximum absolute atomic E-state index is 8.96. The molecule has 0 aliphatic heterocycles. The Morgan fingerprint density at radius 2 is 2.06 bits per heavy atom. The Labute approximate surface area is 96.1 Å². The Bertz CT molecular complexity index is 359. The van der Waals surface area contributed by atoms with Crippen LogP contribution in [-0.2, 0) is 5.41 Å². The van der Waals surface area contributed by atoms with E-state index in [0.717, 1.165) is 0 Å². The number of aliphatic hydroxyl groups is 1. The number of nitrogens with one attached hydrogen (secondary N) is 1. The third-order valence-electron chi connectivity index (χ3n) is 2.08. The summed E-state index contributed by atoms with van der Waals surface area (Å²) in [6, 6.07) is 1.61. The van der Waals surface area contributed by atoms with E-state index in [4.69, 9.17) is 10.8 Å². The fraction of sp³-hybridized carbons (Fsp3) is 0.636. The lowest BCUT2D eigenvalue weighted by molar-refractivity contribution is 0.281. The highest BCUT2D eigenvalue weighted by Crippen LogP contribution is 2.21. The molecule has 0 saturated heterocycles. The summed E-state index contributed by atoms with van der Waals surface area (Å²) in [7, 11) is 0. The molecule has 16 heavy (non-hydrogen) atoms. The SMILES string of the molecule is CC(CO)Nc1cc(N)nc(C(C)(C)C)n1. The third-order valence-corrected chi connectivity index (χ3v) is 2.08. The van der Waals surface area contributed by atoms with Crippen molar-refractivity contribution in [3.05, 3.63) is 11.9 Å². The molecule has 90 valence electrons. The molecule has 0 spiro atoms. The van der Waals surface area contributed by atoms with Crippen molar-refractivity contribution >= 4 is 11.6 Å². The number of nitrogens with two attached hydrogens (primary N) is 1. The first-order valence-corrected chi connectivity index (χ1v) is 5.35. The summed E-state index contributed by atoms with van der Waals surface area (Å²) >= 11 is 0. The average Bonchev–Trinajstić information content (AvgIpc) is 2.15. The summed E-state index contributed by atoms with van der Waals surface area (Å²) in [4.78, 5) is 8.58. The van der Waals surface area contributed by atoms with Crippen LogP contribution in [0.2, 0.25) is 0 Å². The Kier molecular flexibility index (Phi) is 3.70. The predicted molar refractivity (Wildman–Crippen MR) is 65.3 cm³/mol. The number of nitrogen functional groups attached to an aromatic ring is 1. The monoisotopic (exact) mass is 224 g/mol. The summed E-state index contributed by atoms with van der Waals surface area (Å²) in [5.41, 5.74) is 5.58. The summed E-state index contributed by atoms with van der Waals surface area (Å²) in [6.07, 6.45) is 0. The van der Waals surface area contributed by atoms with Gasteiger partial charge in [-0.15, -0.1) is 0 Å². The maximum atomic E-state index is 8.96. The molecular formula is C11H20N4O. The van der Waals surface area contributed by atoms with Crippen molar-refractivity contribution in [3.8, 4) is 0 Å². The van der Waals surface area contributed by atoms with Gasteiger partial charge in [0.05, 0.1) is 6.61 Å². The number of nitrogens with zero attached hydrogens (tertiary/aromatic N) is 2. The van der Waals surface area contributed by atoms with Gasteiger partial charge in [0.15, 0.2) is 0 Å². The van der Waals surface area contributed by atoms with Crippen LogP contribution in [0.15, 0.2) is 6.07 Å². The number of aliphatic hydroxyl groups excluding tert-OH is 1. The standard InChI is InChI=1S/C11H20N4O/c1-7(6-16)13-9-5-8(12)14-10(15-9)11(2,3)4/h5,7,16H,6H2,1-4H3,(H3,12,13,14,15). The van der Waals surface area contributed by atoms with Crippen LogP contribution in [0.25, 0.3) is 0 Å². The second-order valence-corrected chi connectivity index (χ2v) is 4.98. The largest absolute Gasteiger partial charge is 0.394 e. The smallest absolute Gasteiger partial charge is 0.138 e. The van der Waals surface area contributed by atoms with Gasteiger partial charge in [-0.05, 0) is 6.92 Å². The van der Waals surface area contributed by atoms with Gasteiger partial charge in [0.2, 0.25) is 0 Å². The molecule has 4 N–H and O–H groups in total. The molecule has 0 radical (unpaired) electrons. The summed E-state index contributed by atoms with van der Waals surface area (Å²) in [5, 5.41) is 12.0. The molecule has 1 rings (SSSR count). The first-order valence-electron chi connectivity index (χ1n) is 5.35. The second-order valence-electron chi connectivity index (χ2n) is 4.98. The number of rotatable bonds is 3. The van der Waals surface area contributed by atoms with Gasteiger partial charge in [0, 0.05) is 17.5 Å². The van der Waals surface area contributed by atoms with Gasteiger partial charge in [0.25, 0.3) is 0 Å². The zero-order chi connectivity index (χ0) is 12.3. The van der Waals surface area contributed by atoms with Crippen molar-refractivity contribution in [2.75, 3.05) is 17.7 Å². The highest BCUT2D eigenvalue weighted by molar-refractivity contribution is 5.45. The van der Waals surface area contributed by atoms with E-state index >= 15 is 0 Å². The Morgan fingerprint density at radius 3 is 2.56 bits per heavy atom. The van der Waals surface area contributed by atoms with Crippen LogP contribution in [0, 0.1) is 0 Å².